The molecule has 7 heteroatoms. The molecule has 4 aromatic carbocycles. The van der Waals surface area contributed by atoms with Crippen molar-refractivity contribution < 1.29 is 19.8 Å². The summed E-state index contributed by atoms with van der Waals surface area (Å²) in [7, 11) is 0. The molecule has 0 fully saturated rings. The van der Waals surface area contributed by atoms with Crippen LogP contribution < -0.4 is 10.6 Å². The van der Waals surface area contributed by atoms with E-state index < -0.39 is 17.9 Å². The maximum atomic E-state index is 12.6. The minimum Gasteiger partial charge on any atom is -0.508 e. The standard InChI is InChI=1S/C31H29ClN2O4/c32-28-8-4-3-7-27(28)30(36)34-29(31(37)38)19-22-9-13-23(14-10-22)26-6-2-1-5-24(26)20-33-18-17-21-11-15-25(35)16-12-21/h1-16,29,33,35H,17-20H2,(H,34,36)(H,37,38)/t29-/m0/s1. The molecule has 0 radical (unpaired) electrons. The zero-order valence-corrected chi connectivity index (χ0v) is 21.5. The molecule has 0 aromatic heterocycles. The Hall–Kier alpha value is -4.13. The summed E-state index contributed by atoms with van der Waals surface area (Å²) >= 11 is 6.08. The lowest BCUT2D eigenvalue weighted by Crippen LogP contribution is -2.42. The molecule has 0 aliphatic heterocycles. The van der Waals surface area contributed by atoms with Gasteiger partial charge in [0.2, 0.25) is 0 Å². The number of carboxylic acid groups (broad SMARTS) is 1. The van der Waals surface area contributed by atoms with Crippen LogP contribution in [0.3, 0.4) is 0 Å². The third-order valence-corrected chi connectivity index (χ3v) is 6.62. The first kappa shape index (κ1) is 26.9. The number of hydrogen-bond acceptors (Lipinski definition) is 4. The highest BCUT2D eigenvalue weighted by Crippen LogP contribution is 2.25. The number of aromatic hydroxyl groups is 1. The molecule has 0 saturated carbocycles. The van der Waals surface area contributed by atoms with E-state index in [4.69, 9.17) is 11.6 Å². The lowest BCUT2D eigenvalue weighted by atomic mass is 9.97. The third kappa shape index (κ3) is 7.22. The Kier molecular flexibility index (Phi) is 9.14. The van der Waals surface area contributed by atoms with Gasteiger partial charge in [-0.25, -0.2) is 4.79 Å². The SMILES string of the molecule is O=C(N[C@@H](Cc1ccc(-c2ccccc2CNCCc2ccc(O)cc2)cc1)C(=O)O)c1ccccc1Cl. The summed E-state index contributed by atoms with van der Waals surface area (Å²) in [4.78, 5) is 24.4. The summed E-state index contributed by atoms with van der Waals surface area (Å²) in [5, 5.41) is 25.4. The molecule has 4 N–H and O–H groups in total. The van der Waals surface area contributed by atoms with Crippen LogP contribution in [0.1, 0.15) is 27.0 Å². The van der Waals surface area contributed by atoms with Crippen molar-refractivity contribution in [2.24, 2.45) is 0 Å². The Morgan fingerprint density at radius 1 is 0.816 bits per heavy atom. The van der Waals surface area contributed by atoms with Gasteiger partial charge in [0.05, 0.1) is 10.6 Å². The number of carboxylic acids is 1. The smallest absolute Gasteiger partial charge is 0.326 e. The number of benzene rings is 4. The molecule has 0 spiro atoms. The monoisotopic (exact) mass is 528 g/mol. The fraction of sp³-hybridized carbons (Fsp3) is 0.161. The molecule has 0 heterocycles. The number of halogens is 1. The molecule has 38 heavy (non-hydrogen) atoms. The van der Waals surface area contributed by atoms with Crippen molar-refractivity contribution in [3.63, 3.8) is 0 Å². The highest BCUT2D eigenvalue weighted by Gasteiger charge is 2.22. The number of hydrogen-bond donors (Lipinski definition) is 4. The van der Waals surface area contributed by atoms with Gasteiger partial charge < -0.3 is 20.8 Å². The summed E-state index contributed by atoms with van der Waals surface area (Å²) in [5.74, 6) is -1.37. The molecular weight excluding hydrogens is 500 g/mol. The van der Waals surface area contributed by atoms with E-state index >= 15 is 0 Å². The number of amides is 1. The summed E-state index contributed by atoms with van der Waals surface area (Å²) in [5.41, 5.74) is 5.46. The Morgan fingerprint density at radius 3 is 2.18 bits per heavy atom. The van der Waals surface area contributed by atoms with Gasteiger partial charge in [-0.05, 0) is 65.0 Å². The lowest BCUT2D eigenvalue weighted by molar-refractivity contribution is -0.139. The quantitative estimate of drug-likeness (QED) is 0.193. The van der Waals surface area contributed by atoms with Crippen molar-refractivity contribution in [1.82, 2.24) is 10.6 Å². The van der Waals surface area contributed by atoms with Gasteiger partial charge in [-0.3, -0.25) is 4.79 Å². The van der Waals surface area contributed by atoms with Crippen LogP contribution in [0.25, 0.3) is 11.1 Å². The molecule has 0 aliphatic rings. The van der Waals surface area contributed by atoms with Crippen LogP contribution in [0, 0.1) is 0 Å². The van der Waals surface area contributed by atoms with Gasteiger partial charge in [-0.2, -0.15) is 0 Å². The summed E-state index contributed by atoms with van der Waals surface area (Å²) in [6.07, 6.45) is 1.00. The zero-order chi connectivity index (χ0) is 26.9. The molecule has 1 amide bonds. The molecular formula is C31H29ClN2O4. The molecule has 4 rings (SSSR count). The van der Waals surface area contributed by atoms with E-state index in [0.717, 1.165) is 40.8 Å². The predicted octanol–water partition coefficient (Wildman–Crippen LogP) is 5.47. The van der Waals surface area contributed by atoms with E-state index in [9.17, 15) is 19.8 Å². The van der Waals surface area contributed by atoms with Crippen LogP contribution in [-0.2, 0) is 24.2 Å². The third-order valence-electron chi connectivity index (χ3n) is 6.29. The fourth-order valence-corrected chi connectivity index (χ4v) is 4.43. The number of rotatable bonds is 11. The number of phenols is 1. The molecule has 0 unspecified atom stereocenters. The van der Waals surface area contributed by atoms with Gasteiger partial charge in [0.1, 0.15) is 11.8 Å². The highest BCUT2D eigenvalue weighted by molar-refractivity contribution is 6.33. The molecule has 0 bridgehead atoms. The van der Waals surface area contributed by atoms with Crippen LogP contribution in [-0.4, -0.2) is 34.7 Å². The molecule has 0 aliphatic carbocycles. The van der Waals surface area contributed by atoms with Gasteiger partial charge >= 0.3 is 5.97 Å². The van der Waals surface area contributed by atoms with E-state index in [1.54, 1.807) is 36.4 Å². The number of aliphatic carboxylic acids is 1. The van der Waals surface area contributed by atoms with Gasteiger partial charge in [0.15, 0.2) is 0 Å². The number of carbonyl (C=O) groups is 2. The summed E-state index contributed by atoms with van der Waals surface area (Å²) in [6, 6.07) is 28.6. The number of phenolic OH excluding ortho intramolecular Hbond substituents is 1. The molecule has 6 nitrogen and oxygen atoms in total. The normalized spacial score (nSPS) is 11.6. The van der Waals surface area contributed by atoms with Crippen molar-refractivity contribution in [1.29, 1.82) is 0 Å². The summed E-state index contributed by atoms with van der Waals surface area (Å²) < 4.78 is 0. The molecule has 194 valence electrons. The largest absolute Gasteiger partial charge is 0.508 e. The van der Waals surface area contributed by atoms with Gasteiger partial charge in [0.25, 0.3) is 5.91 Å². The van der Waals surface area contributed by atoms with E-state index in [1.165, 1.54) is 0 Å². The fourth-order valence-electron chi connectivity index (χ4n) is 4.21. The van der Waals surface area contributed by atoms with Gasteiger partial charge in [-0.15, -0.1) is 0 Å². The topological polar surface area (TPSA) is 98.7 Å². The van der Waals surface area contributed by atoms with Crippen molar-refractivity contribution in [3.05, 3.63) is 124 Å². The Balaban J connectivity index is 1.38. The van der Waals surface area contributed by atoms with Crippen LogP contribution in [0.5, 0.6) is 5.75 Å². The van der Waals surface area contributed by atoms with Crippen molar-refractivity contribution >= 4 is 23.5 Å². The van der Waals surface area contributed by atoms with Gasteiger partial charge in [0, 0.05) is 13.0 Å². The van der Waals surface area contributed by atoms with Crippen molar-refractivity contribution in [2.45, 2.75) is 25.4 Å². The van der Waals surface area contributed by atoms with Crippen molar-refractivity contribution in [3.8, 4) is 16.9 Å². The number of nitrogens with one attached hydrogen (secondary N) is 2. The van der Waals surface area contributed by atoms with Crippen molar-refractivity contribution in [2.75, 3.05) is 6.54 Å². The minimum absolute atomic E-state index is 0.145. The maximum Gasteiger partial charge on any atom is 0.326 e. The Morgan fingerprint density at radius 2 is 1.47 bits per heavy atom. The lowest BCUT2D eigenvalue weighted by Gasteiger charge is -2.16. The highest BCUT2D eigenvalue weighted by atomic mass is 35.5. The second kappa shape index (κ2) is 12.9. The predicted molar refractivity (Wildman–Crippen MR) is 149 cm³/mol. The van der Waals surface area contributed by atoms with E-state index in [0.29, 0.717) is 6.54 Å². The first-order valence-corrected chi connectivity index (χ1v) is 12.7. The van der Waals surface area contributed by atoms with Crippen LogP contribution in [0.2, 0.25) is 5.02 Å². The second-order valence-corrected chi connectivity index (χ2v) is 9.40. The second-order valence-electron chi connectivity index (χ2n) is 9.00. The molecule has 1 atom stereocenters. The number of carbonyl (C=O) groups excluding carboxylic acids is 1. The average molecular weight is 529 g/mol. The first-order valence-electron chi connectivity index (χ1n) is 12.3. The Bertz CT molecular complexity index is 1390. The van der Waals surface area contributed by atoms with Crippen LogP contribution >= 0.6 is 11.6 Å². The molecule has 4 aromatic rings. The molecule has 0 saturated heterocycles. The average Bonchev–Trinajstić information content (AvgIpc) is 2.92. The van der Waals surface area contributed by atoms with Gasteiger partial charge in [-0.1, -0.05) is 84.4 Å². The summed E-state index contributed by atoms with van der Waals surface area (Å²) in [6.45, 7) is 1.50. The zero-order valence-electron chi connectivity index (χ0n) is 20.7. The maximum absolute atomic E-state index is 12.6. The van der Waals surface area contributed by atoms with Crippen LogP contribution in [0.15, 0.2) is 97.1 Å². The van der Waals surface area contributed by atoms with Crippen LogP contribution in [0.4, 0.5) is 0 Å². The van der Waals surface area contributed by atoms with E-state index in [2.05, 4.69) is 22.8 Å². The van der Waals surface area contributed by atoms with E-state index in [1.807, 2.05) is 48.5 Å². The minimum atomic E-state index is -1.11. The van der Waals surface area contributed by atoms with E-state index in [-0.39, 0.29) is 22.8 Å². The Labute approximate surface area is 226 Å². The first-order chi connectivity index (χ1) is 18.4.